The predicted molar refractivity (Wildman–Crippen MR) is 81.2 cm³/mol. The van der Waals surface area contributed by atoms with Gasteiger partial charge in [0, 0.05) is 39.8 Å². The van der Waals surface area contributed by atoms with Gasteiger partial charge in [0.1, 0.15) is 12.4 Å². The monoisotopic (exact) mass is 344 g/mol. The van der Waals surface area contributed by atoms with Gasteiger partial charge in [-0.2, -0.15) is 13.2 Å². The molecule has 2 amide bonds. The van der Waals surface area contributed by atoms with Crippen molar-refractivity contribution in [1.29, 1.82) is 0 Å². The largest absolute Gasteiger partial charge is 0.406 e. The van der Waals surface area contributed by atoms with Gasteiger partial charge < -0.3 is 15.1 Å². The molecule has 0 unspecified atom stereocenters. The molecule has 1 aliphatic rings. The number of likely N-dealkylation sites (tertiary alicyclic amines) is 1. The number of aromatic nitrogens is 1. The van der Waals surface area contributed by atoms with Gasteiger partial charge in [0.15, 0.2) is 0 Å². The number of anilines is 1. The van der Waals surface area contributed by atoms with E-state index in [1.165, 1.54) is 0 Å². The van der Waals surface area contributed by atoms with Gasteiger partial charge in [0.2, 0.25) is 11.8 Å². The number of nitrogens with one attached hydrogen (secondary N) is 1. The van der Waals surface area contributed by atoms with Crippen LogP contribution in [0, 0.1) is 5.92 Å². The molecule has 1 N–H and O–H groups in total. The minimum Gasteiger partial charge on any atom is -0.363 e. The van der Waals surface area contributed by atoms with Crippen LogP contribution in [0.2, 0.25) is 0 Å². The molecule has 0 bridgehead atoms. The Morgan fingerprint density at radius 3 is 2.79 bits per heavy atom. The molecule has 2 rings (SSSR count). The molecule has 24 heavy (non-hydrogen) atoms. The maximum absolute atomic E-state index is 12.4. The van der Waals surface area contributed by atoms with Gasteiger partial charge in [-0.1, -0.05) is 0 Å². The Morgan fingerprint density at radius 1 is 1.46 bits per heavy atom. The van der Waals surface area contributed by atoms with Crippen molar-refractivity contribution in [2.45, 2.75) is 19.1 Å². The van der Waals surface area contributed by atoms with Gasteiger partial charge >= 0.3 is 6.18 Å². The minimum atomic E-state index is -4.46. The van der Waals surface area contributed by atoms with Gasteiger partial charge in [-0.3, -0.25) is 9.59 Å². The van der Waals surface area contributed by atoms with Crippen LogP contribution in [-0.4, -0.2) is 55.1 Å². The zero-order valence-corrected chi connectivity index (χ0v) is 13.4. The summed E-state index contributed by atoms with van der Waals surface area (Å²) in [5.41, 5.74) is 0.818. The lowest BCUT2D eigenvalue weighted by molar-refractivity contribution is -0.157. The highest BCUT2D eigenvalue weighted by Gasteiger charge is 2.40. The number of hydrogen-bond donors (Lipinski definition) is 1. The molecule has 0 saturated carbocycles. The Labute approximate surface area is 137 Å². The van der Waals surface area contributed by atoms with Crippen LogP contribution in [0.4, 0.5) is 19.0 Å². The van der Waals surface area contributed by atoms with Gasteiger partial charge in [0.25, 0.3) is 0 Å². The average molecular weight is 344 g/mol. The maximum atomic E-state index is 12.4. The summed E-state index contributed by atoms with van der Waals surface area (Å²) in [5, 5.41) is 2.67. The number of amides is 2. The zero-order chi connectivity index (χ0) is 17.9. The second kappa shape index (κ2) is 7.06. The Hall–Kier alpha value is -2.32. The topological polar surface area (TPSA) is 65.5 Å². The van der Waals surface area contributed by atoms with Crippen molar-refractivity contribution in [3.8, 4) is 0 Å². The van der Waals surface area contributed by atoms with Crippen molar-refractivity contribution in [1.82, 2.24) is 15.2 Å². The highest BCUT2D eigenvalue weighted by atomic mass is 19.4. The van der Waals surface area contributed by atoms with Crippen LogP contribution in [0.3, 0.4) is 0 Å². The average Bonchev–Trinajstić information content (AvgIpc) is 2.84. The van der Waals surface area contributed by atoms with Crippen LogP contribution in [0.25, 0.3) is 0 Å². The van der Waals surface area contributed by atoms with E-state index in [-0.39, 0.29) is 19.5 Å². The Kier molecular flexibility index (Phi) is 5.30. The molecule has 0 aliphatic carbocycles. The van der Waals surface area contributed by atoms with Crippen molar-refractivity contribution >= 4 is 17.6 Å². The fourth-order valence-corrected chi connectivity index (χ4v) is 2.47. The summed E-state index contributed by atoms with van der Waals surface area (Å²) in [7, 11) is 3.67. The molecule has 1 aliphatic heterocycles. The molecule has 1 aromatic rings. The van der Waals surface area contributed by atoms with E-state index in [1.54, 1.807) is 18.3 Å². The fraction of sp³-hybridized carbons (Fsp3) is 0.533. The molecule has 1 fully saturated rings. The Bertz CT molecular complexity index is 619. The van der Waals surface area contributed by atoms with E-state index in [0.717, 1.165) is 11.4 Å². The highest BCUT2D eigenvalue weighted by molar-refractivity contribution is 5.89. The van der Waals surface area contributed by atoms with Crippen LogP contribution in [0.1, 0.15) is 12.0 Å². The number of carbonyl (C=O) groups is 2. The van der Waals surface area contributed by atoms with Crippen molar-refractivity contribution in [2.75, 3.05) is 32.1 Å². The first-order valence-corrected chi connectivity index (χ1v) is 7.40. The summed E-state index contributed by atoms with van der Waals surface area (Å²) in [5.74, 6) is -1.09. The van der Waals surface area contributed by atoms with E-state index >= 15 is 0 Å². The number of nitrogens with zero attached hydrogens (tertiary/aromatic N) is 3. The lowest BCUT2D eigenvalue weighted by atomic mass is 10.1. The van der Waals surface area contributed by atoms with Crippen LogP contribution < -0.4 is 10.2 Å². The number of rotatable bonds is 5. The van der Waals surface area contributed by atoms with Crippen LogP contribution in [-0.2, 0) is 16.1 Å². The van der Waals surface area contributed by atoms with Crippen molar-refractivity contribution in [2.24, 2.45) is 5.92 Å². The number of pyridine rings is 1. The Balaban J connectivity index is 1.89. The molecule has 1 aromatic heterocycles. The molecular formula is C15H19F3N4O2. The smallest absolute Gasteiger partial charge is 0.363 e. The van der Waals surface area contributed by atoms with Gasteiger partial charge in [-0.15, -0.1) is 0 Å². The highest BCUT2D eigenvalue weighted by Crippen LogP contribution is 2.24. The first kappa shape index (κ1) is 18.0. The molecule has 0 radical (unpaired) electrons. The number of alkyl halides is 3. The zero-order valence-electron chi connectivity index (χ0n) is 13.4. The second-order valence-corrected chi connectivity index (χ2v) is 5.93. The first-order chi connectivity index (χ1) is 11.2. The lowest BCUT2D eigenvalue weighted by Crippen LogP contribution is -2.37. The third-order valence-electron chi connectivity index (χ3n) is 3.69. The molecular weight excluding hydrogens is 325 g/mol. The fourth-order valence-electron chi connectivity index (χ4n) is 2.47. The molecule has 1 saturated heterocycles. The van der Waals surface area contributed by atoms with Gasteiger partial charge in [-0.05, 0) is 17.7 Å². The summed E-state index contributed by atoms with van der Waals surface area (Å²) in [6, 6.07) is 3.54. The minimum absolute atomic E-state index is 0.193. The standard InChI is InChI=1S/C15H19F3N4O2/c1-21(2)12-5-10(3-4-19-12)7-20-14(24)11-6-13(23)22(8-11)9-15(16,17)18/h3-5,11H,6-9H2,1-2H3,(H,20,24)/t11-/m1/s1. The molecule has 2 heterocycles. The normalized spacial score (nSPS) is 18.0. The molecule has 132 valence electrons. The van der Waals surface area contributed by atoms with E-state index in [0.29, 0.717) is 4.90 Å². The van der Waals surface area contributed by atoms with Crippen LogP contribution in [0.15, 0.2) is 18.3 Å². The SMILES string of the molecule is CN(C)c1cc(CNC(=O)[C@@H]2CC(=O)N(CC(F)(F)F)C2)ccn1. The first-order valence-electron chi connectivity index (χ1n) is 7.40. The second-order valence-electron chi connectivity index (χ2n) is 5.93. The van der Waals surface area contributed by atoms with E-state index < -0.39 is 30.5 Å². The van der Waals surface area contributed by atoms with E-state index in [1.807, 2.05) is 19.0 Å². The van der Waals surface area contributed by atoms with Gasteiger partial charge in [0.05, 0.1) is 5.92 Å². The predicted octanol–water partition coefficient (Wildman–Crippen LogP) is 1.17. The van der Waals surface area contributed by atoms with Crippen LogP contribution >= 0.6 is 0 Å². The van der Waals surface area contributed by atoms with E-state index in [9.17, 15) is 22.8 Å². The summed E-state index contributed by atoms with van der Waals surface area (Å²) in [6.45, 7) is -1.29. The van der Waals surface area contributed by atoms with Gasteiger partial charge in [-0.25, -0.2) is 4.98 Å². The number of hydrogen-bond acceptors (Lipinski definition) is 4. The van der Waals surface area contributed by atoms with E-state index in [2.05, 4.69) is 10.3 Å². The third kappa shape index (κ3) is 4.84. The lowest BCUT2D eigenvalue weighted by Gasteiger charge is -2.18. The maximum Gasteiger partial charge on any atom is 0.406 e. The molecule has 9 heteroatoms. The molecule has 6 nitrogen and oxygen atoms in total. The Morgan fingerprint density at radius 2 is 2.17 bits per heavy atom. The summed E-state index contributed by atoms with van der Waals surface area (Å²) < 4.78 is 37.1. The molecule has 1 atom stereocenters. The summed E-state index contributed by atoms with van der Waals surface area (Å²) in [4.78, 5) is 30.3. The number of halogens is 3. The third-order valence-corrected chi connectivity index (χ3v) is 3.69. The number of carbonyl (C=O) groups excluding carboxylic acids is 2. The summed E-state index contributed by atoms with van der Waals surface area (Å²) >= 11 is 0. The van der Waals surface area contributed by atoms with Crippen molar-refractivity contribution < 1.29 is 22.8 Å². The van der Waals surface area contributed by atoms with Crippen molar-refractivity contribution in [3.05, 3.63) is 23.9 Å². The molecule has 0 aromatic carbocycles. The molecule has 0 spiro atoms. The quantitative estimate of drug-likeness (QED) is 0.871. The summed E-state index contributed by atoms with van der Waals surface area (Å²) in [6.07, 6.45) is -3.04. The van der Waals surface area contributed by atoms with Crippen LogP contribution in [0.5, 0.6) is 0 Å². The van der Waals surface area contributed by atoms with E-state index in [4.69, 9.17) is 0 Å². The van der Waals surface area contributed by atoms with Crippen molar-refractivity contribution in [3.63, 3.8) is 0 Å².